The quantitative estimate of drug-likeness (QED) is 0.398. The zero-order valence-corrected chi connectivity index (χ0v) is 19.5. The van der Waals surface area contributed by atoms with Crippen LogP contribution in [0.5, 0.6) is 5.75 Å². The highest BCUT2D eigenvalue weighted by Gasteiger charge is 2.34. The number of aromatic nitrogens is 6. The number of ether oxygens (including phenoxy) is 1. The number of carbonyl (C=O) groups excluding carboxylic acids is 1. The maximum absolute atomic E-state index is 12.8. The van der Waals surface area contributed by atoms with Crippen molar-refractivity contribution in [2.75, 3.05) is 5.32 Å². The van der Waals surface area contributed by atoms with Crippen molar-refractivity contribution in [3.8, 4) is 11.6 Å². The number of rotatable bonds is 5. The third-order valence-corrected chi connectivity index (χ3v) is 6.28. The van der Waals surface area contributed by atoms with Crippen LogP contribution in [0.4, 0.5) is 5.82 Å². The maximum atomic E-state index is 12.8. The molecule has 9 nitrogen and oxygen atoms in total. The molecule has 174 valence electrons. The number of para-hydroxylation sites is 1. The first-order valence-corrected chi connectivity index (χ1v) is 11.5. The van der Waals surface area contributed by atoms with Crippen molar-refractivity contribution >= 4 is 29.0 Å². The van der Waals surface area contributed by atoms with E-state index in [-0.39, 0.29) is 18.2 Å². The molecule has 0 saturated heterocycles. The third kappa shape index (κ3) is 3.89. The fourth-order valence-corrected chi connectivity index (χ4v) is 4.71. The molecule has 1 aliphatic rings. The summed E-state index contributed by atoms with van der Waals surface area (Å²) in [6, 6.07) is 19.0. The number of nitrogens with one attached hydrogen (secondary N) is 1. The molecule has 0 aliphatic carbocycles. The van der Waals surface area contributed by atoms with Gasteiger partial charge >= 0.3 is 0 Å². The molecule has 0 fully saturated rings. The largest absolute Gasteiger partial charge is 0.489 e. The highest BCUT2D eigenvalue weighted by Crippen LogP contribution is 2.43. The summed E-state index contributed by atoms with van der Waals surface area (Å²) in [4.78, 5) is 12.8. The summed E-state index contributed by atoms with van der Waals surface area (Å²) < 4.78 is 9.43. The van der Waals surface area contributed by atoms with E-state index in [1.54, 1.807) is 21.3 Å². The molecule has 3 aromatic heterocycles. The van der Waals surface area contributed by atoms with Gasteiger partial charge in [-0.25, -0.2) is 0 Å². The number of fused-ring (bicyclic) bond motifs is 2. The summed E-state index contributed by atoms with van der Waals surface area (Å²) in [5.74, 6) is 1.55. The lowest BCUT2D eigenvalue weighted by Crippen LogP contribution is -2.25. The van der Waals surface area contributed by atoms with Gasteiger partial charge in [0.05, 0.1) is 5.69 Å². The number of carbonyl (C=O) groups is 1. The fraction of sp³-hybridized carbons (Fsp3) is 0.160. The van der Waals surface area contributed by atoms with E-state index >= 15 is 0 Å². The Morgan fingerprint density at radius 2 is 2.00 bits per heavy atom. The van der Waals surface area contributed by atoms with Gasteiger partial charge in [0.1, 0.15) is 24.5 Å². The molecule has 1 amide bonds. The van der Waals surface area contributed by atoms with Crippen LogP contribution in [0, 0.1) is 6.92 Å². The molecule has 35 heavy (non-hydrogen) atoms. The smallest absolute Gasteiger partial charge is 0.226 e. The number of anilines is 1. The fourth-order valence-electron chi connectivity index (χ4n) is 4.50. The zero-order chi connectivity index (χ0) is 23.9. The van der Waals surface area contributed by atoms with Crippen molar-refractivity contribution < 1.29 is 9.53 Å². The Balaban J connectivity index is 1.39. The molecule has 0 unspecified atom stereocenters. The Morgan fingerprint density at radius 3 is 2.89 bits per heavy atom. The van der Waals surface area contributed by atoms with Crippen LogP contribution in [0.15, 0.2) is 67.0 Å². The predicted molar refractivity (Wildman–Crippen MR) is 130 cm³/mol. The van der Waals surface area contributed by atoms with Crippen LogP contribution in [0.2, 0.25) is 5.02 Å². The third-order valence-electron chi connectivity index (χ3n) is 6.04. The van der Waals surface area contributed by atoms with Gasteiger partial charge < -0.3 is 10.1 Å². The Labute approximate surface area is 205 Å². The monoisotopic (exact) mass is 485 g/mol. The van der Waals surface area contributed by atoms with E-state index in [4.69, 9.17) is 21.4 Å². The summed E-state index contributed by atoms with van der Waals surface area (Å²) in [6.45, 7) is 2.30. The number of amides is 1. The highest BCUT2D eigenvalue weighted by molar-refractivity contribution is 6.30. The normalized spacial score (nSPS) is 15.1. The van der Waals surface area contributed by atoms with Gasteiger partial charge in [0.25, 0.3) is 0 Å². The lowest BCUT2D eigenvalue weighted by Gasteiger charge is -2.26. The van der Waals surface area contributed by atoms with E-state index in [0.29, 0.717) is 34.7 Å². The zero-order valence-electron chi connectivity index (χ0n) is 18.7. The van der Waals surface area contributed by atoms with Crippen LogP contribution in [0.1, 0.15) is 34.7 Å². The Morgan fingerprint density at radius 1 is 1.11 bits per heavy atom. The Hall–Kier alpha value is -4.24. The van der Waals surface area contributed by atoms with Crippen molar-refractivity contribution in [1.82, 2.24) is 29.6 Å². The number of hydrogen-bond acceptors (Lipinski definition) is 6. The first-order valence-electron chi connectivity index (χ1n) is 11.1. The number of benzene rings is 2. The van der Waals surface area contributed by atoms with E-state index in [2.05, 4.69) is 20.6 Å². The SMILES string of the molecule is Cc1nn(-c2ccc3nncn3n2)c2c1[C@H](c1ccccc1OCc1cccc(Cl)c1)CC(=O)N2. The standard InChI is InChI=1S/C25H20ClN7O2/c1-15-24-19(18-7-2-3-8-20(18)35-13-16-5-4-6-17(26)11-16)12-23(34)28-25(24)33(30-15)22-10-9-21-29-27-14-32(21)31-22/h2-11,14,19H,12-13H2,1H3,(H,28,34)/t19-/m0/s1. The van der Waals surface area contributed by atoms with Crippen LogP contribution in [-0.4, -0.2) is 35.5 Å². The van der Waals surface area contributed by atoms with E-state index in [0.717, 1.165) is 22.4 Å². The second-order valence-electron chi connectivity index (χ2n) is 8.35. The van der Waals surface area contributed by atoms with Crippen LogP contribution in [0.3, 0.4) is 0 Å². The predicted octanol–water partition coefficient (Wildman–Crippen LogP) is 4.32. The number of halogens is 1. The molecule has 5 aromatic rings. The maximum Gasteiger partial charge on any atom is 0.226 e. The molecule has 2 aromatic carbocycles. The van der Waals surface area contributed by atoms with Crippen molar-refractivity contribution in [3.63, 3.8) is 0 Å². The van der Waals surface area contributed by atoms with E-state index in [1.165, 1.54) is 6.33 Å². The number of nitrogens with zero attached hydrogens (tertiary/aromatic N) is 6. The average molecular weight is 486 g/mol. The average Bonchev–Trinajstić information content (AvgIpc) is 3.46. The Bertz CT molecular complexity index is 1580. The van der Waals surface area contributed by atoms with Gasteiger partial charge in [-0.15, -0.1) is 15.3 Å². The minimum atomic E-state index is -0.221. The topological polar surface area (TPSA) is 99.2 Å². The summed E-state index contributed by atoms with van der Waals surface area (Å²) in [5, 5.41) is 20.8. The first-order chi connectivity index (χ1) is 17.1. The van der Waals surface area contributed by atoms with Crippen molar-refractivity contribution in [2.45, 2.75) is 25.9 Å². The highest BCUT2D eigenvalue weighted by atomic mass is 35.5. The van der Waals surface area contributed by atoms with Gasteiger partial charge in [-0.3, -0.25) is 4.79 Å². The van der Waals surface area contributed by atoms with Gasteiger partial charge in [-0.05, 0) is 42.8 Å². The summed E-state index contributed by atoms with van der Waals surface area (Å²) in [5.41, 5.74) is 4.26. The molecule has 1 aliphatic heterocycles. The van der Waals surface area contributed by atoms with Gasteiger partial charge in [-0.2, -0.15) is 14.3 Å². The summed E-state index contributed by atoms with van der Waals surface area (Å²) in [6.07, 6.45) is 1.81. The van der Waals surface area contributed by atoms with Crippen molar-refractivity contribution in [1.29, 1.82) is 0 Å². The molecule has 4 heterocycles. The minimum absolute atomic E-state index is 0.0985. The molecular formula is C25H20ClN7O2. The molecule has 1 atom stereocenters. The van der Waals surface area contributed by atoms with E-state index in [1.807, 2.05) is 55.5 Å². The van der Waals surface area contributed by atoms with Gasteiger partial charge in [0, 0.05) is 28.5 Å². The lowest BCUT2D eigenvalue weighted by atomic mass is 9.85. The van der Waals surface area contributed by atoms with E-state index < -0.39 is 0 Å². The first kappa shape index (κ1) is 21.3. The lowest BCUT2D eigenvalue weighted by molar-refractivity contribution is -0.116. The molecule has 0 bridgehead atoms. The minimum Gasteiger partial charge on any atom is -0.489 e. The second kappa shape index (κ2) is 8.52. The van der Waals surface area contributed by atoms with Crippen molar-refractivity contribution in [2.24, 2.45) is 0 Å². The molecule has 0 spiro atoms. The molecule has 6 rings (SSSR count). The van der Waals surface area contributed by atoms with Gasteiger partial charge in [-0.1, -0.05) is 41.9 Å². The van der Waals surface area contributed by atoms with Crippen LogP contribution in [0.25, 0.3) is 11.5 Å². The molecule has 10 heteroatoms. The van der Waals surface area contributed by atoms with Gasteiger partial charge in [0.2, 0.25) is 5.91 Å². The summed E-state index contributed by atoms with van der Waals surface area (Å²) in [7, 11) is 0. The van der Waals surface area contributed by atoms with Crippen LogP contribution in [-0.2, 0) is 11.4 Å². The van der Waals surface area contributed by atoms with Crippen LogP contribution >= 0.6 is 11.6 Å². The number of hydrogen-bond donors (Lipinski definition) is 1. The molecule has 1 N–H and O–H groups in total. The summed E-state index contributed by atoms with van der Waals surface area (Å²) >= 11 is 6.13. The number of aryl methyl sites for hydroxylation is 1. The molecule has 0 radical (unpaired) electrons. The second-order valence-corrected chi connectivity index (χ2v) is 8.78. The van der Waals surface area contributed by atoms with Crippen molar-refractivity contribution in [3.05, 3.63) is 94.4 Å². The van der Waals surface area contributed by atoms with E-state index in [9.17, 15) is 4.79 Å². The van der Waals surface area contributed by atoms with Gasteiger partial charge in [0.15, 0.2) is 11.5 Å². The van der Waals surface area contributed by atoms with Crippen LogP contribution < -0.4 is 10.1 Å². The molecular weight excluding hydrogens is 466 g/mol. The molecule has 0 saturated carbocycles. The Kier molecular flexibility index (Phi) is 5.18.